The molecule has 0 aliphatic rings. The summed E-state index contributed by atoms with van der Waals surface area (Å²) in [6.45, 7) is 12.1. The van der Waals surface area contributed by atoms with Crippen molar-refractivity contribution >= 4 is 11.6 Å². The number of hydrogen-bond acceptors (Lipinski definition) is 3. The molecule has 0 aromatic carbocycles. The van der Waals surface area contributed by atoms with Gasteiger partial charge in [0.1, 0.15) is 0 Å². The first-order valence-corrected chi connectivity index (χ1v) is 6.86. The van der Waals surface area contributed by atoms with Crippen LogP contribution in [0.3, 0.4) is 0 Å². The first-order valence-electron chi connectivity index (χ1n) is 6.86. The van der Waals surface area contributed by atoms with Gasteiger partial charge >= 0.3 is 0 Å². The van der Waals surface area contributed by atoms with Crippen molar-refractivity contribution in [2.24, 2.45) is 11.7 Å². The van der Waals surface area contributed by atoms with E-state index in [4.69, 9.17) is 5.73 Å². The number of anilines is 1. The molecule has 0 aliphatic heterocycles. The van der Waals surface area contributed by atoms with E-state index in [2.05, 4.69) is 38.1 Å². The van der Waals surface area contributed by atoms with Crippen molar-refractivity contribution in [3.63, 3.8) is 0 Å². The Labute approximate surface area is 115 Å². The van der Waals surface area contributed by atoms with E-state index in [-0.39, 0.29) is 11.9 Å². The van der Waals surface area contributed by atoms with Gasteiger partial charge < -0.3 is 11.1 Å². The number of aryl methyl sites for hydroxylation is 1. The maximum absolute atomic E-state index is 12.1. The van der Waals surface area contributed by atoms with E-state index < -0.39 is 6.04 Å². The van der Waals surface area contributed by atoms with E-state index in [0.29, 0.717) is 12.3 Å². The quantitative estimate of drug-likeness (QED) is 0.859. The molecule has 0 saturated carbocycles. The molecule has 0 fully saturated rings. The van der Waals surface area contributed by atoms with Crippen LogP contribution in [0.1, 0.15) is 51.5 Å². The second kappa shape index (κ2) is 6.19. The maximum atomic E-state index is 12.1. The van der Waals surface area contributed by atoms with Gasteiger partial charge in [-0.3, -0.25) is 9.48 Å². The molecule has 0 aliphatic carbocycles. The molecule has 1 aromatic rings. The van der Waals surface area contributed by atoms with Crippen molar-refractivity contribution in [3.8, 4) is 0 Å². The molecule has 0 spiro atoms. The van der Waals surface area contributed by atoms with E-state index in [1.54, 1.807) is 0 Å². The Hall–Kier alpha value is -1.36. The monoisotopic (exact) mass is 266 g/mol. The number of nitrogens with one attached hydrogen (secondary N) is 1. The Morgan fingerprint density at radius 3 is 2.32 bits per heavy atom. The Kier molecular flexibility index (Phi) is 5.11. The Bertz CT molecular complexity index is 449. The summed E-state index contributed by atoms with van der Waals surface area (Å²) in [5, 5.41) is 7.36. The average Bonchev–Trinajstić information content (AvgIpc) is 2.56. The Morgan fingerprint density at radius 1 is 1.32 bits per heavy atom. The minimum Gasteiger partial charge on any atom is -0.322 e. The molecule has 5 nitrogen and oxygen atoms in total. The highest BCUT2D eigenvalue weighted by molar-refractivity contribution is 5.95. The molecule has 3 N–H and O–H groups in total. The fraction of sp³-hybridized carbons (Fsp3) is 0.714. The topological polar surface area (TPSA) is 72.9 Å². The molecule has 0 radical (unpaired) electrons. The summed E-state index contributed by atoms with van der Waals surface area (Å²) in [5.41, 5.74) is 8.48. The number of carbonyl (C=O) groups is 1. The summed E-state index contributed by atoms with van der Waals surface area (Å²) in [7, 11) is 0. The summed E-state index contributed by atoms with van der Waals surface area (Å²) in [4.78, 5) is 12.1. The van der Waals surface area contributed by atoms with Gasteiger partial charge in [0.05, 0.1) is 23.1 Å². The highest BCUT2D eigenvalue weighted by atomic mass is 16.2. The number of aromatic nitrogens is 2. The number of amides is 1. The van der Waals surface area contributed by atoms with Gasteiger partial charge in [-0.2, -0.15) is 5.10 Å². The van der Waals surface area contributed by atoms with Gasteiger partial charge in [0.15, 0.2) is 0 Å². The molecule has 1 rings (SSSR count). The predicted molar refractivity (Wildman–Crippen MR) is 78.1 cm³/mol. The third kappa shape index (κ3) is 3.80. The van der Waals surface area contributed by atoms with Crippen LogP contribution in [0.15, 0.2) is 0 Å². The fourth-order valence-electron chi connectivity index (χ4n) is 2.18. The van der Waals surface area contributed by atoms with Crippen LogP contribution in [0.5, 0.6) is 0 Å². The lowest BCUT2D eigenvalue weighted by molar-refractivity contribution is -0.117. The minimum atomic E-state index is -0.471. The third-order valence-corrected chi connectivity index (χ3v) is 3.12. The summed E-state index contributed by atoms with van der Waals surface area (Å²) >= 11 is 0. The van der Waals surface area contributed by atoms with Gasteiger partial charge in [-0.25, -0.2) is 0 Å². The molecule has 1 heterocycles. The summed E-state index contributed by atoms with van der Waals surface area (Å²) in [5.74, 6) is 0.268. The normalized spacial score (nSPS) is 13.1. The molecule has 0 bridgehead atoms. The van der Waals surface area contributed by atoms with Crippen LogP contribution in [0.4, 0.5) is 5.69 Å². The SMILES string of the molecule is Cc1nn(C(C)C)c(C)c1NC(=O)C(N)CC(C)C. The summed E-state index contributed by atoms with van der Waals surface area (Å²) in [6.07, 6.45) is 0.683. The second-order valence-corrected chi connectivity index (χ2v) is 5.81. The molecule has 1 atom stereocenters. The van der Waals surface area contributed by atoms with Crippen molar-refractivity contribution in [1.82, 2.24) is 9.78 Å². The molecular weight excluding hydrogens is 240 g/mol. The lowest BCUT2D eigenvalue weighted by atomic mass is 10.0. The fourth-order valence-corrected chi connectivity index (χ4v) is 2.18. The highest BCUT2D eigenvalue weighted by Gasteiger charge is 2.19. The van der Waals surface area contributed by atoms with Crippen molar-refractivity contribution in [3.05, 3.63) is 11.4 Å². The first-order chi connectivity index (χ1) is 8.73. The molecule has 19 heavy (non-hydrogen) atoms. The highest BCUT2D eigenvalue weighted by Crippen LogP contribution is 2.22. The molecule has 5 heteroatoms. The second-order valence-electron chi connectivity index (χ2n) is 5.81. The van der Waals surface area contributed by atoms with Crippen LogP contribution in [-0.4, -0.2) is 21.7 Å². The van der Waals surface area contributed by atoms with Gasteiger partial charge in [-0.1, -0.05) is 13.8 Å². The number of carbonyl (C=O) groups excluding carboxylic acids is 1. The Balaban J connectivity index is 2.85. The van der Waals surface area contributed by atoms with Gasteiger partial charge in [-0.05, 0) is 40.0 Å². The summed E-state index contributed by atoms with van der Waals surface area (Å²) < 4.78 is 1.92. The molecule has 1 unspecified atom stereocenters. The molecular formula is C14H26N4O. The summed E-state index contributed by atoms with van der Waals surface area (Å²) in [6, 6.07) is -0.199. The van der Waals surface area contributed by atoms with Crippen LogP contribution >= 0.6 is 0 Å². The van der Waals surface area contributed by atoms with Crippen LogP contribution in [0.2, 0.25) is 0 Å². The zero-order valence-electron chi connectivity index (χ0n) is 12.8. The molecule has 1 amide bonds. The zero-order chi connectivity index (χ0) is 14.7. The molecule has 1 aromatic heterocycles. The lowest BCUT2D eigenvalue weighted by Gasteiger charge is -2.14. The van der Waals surface area contributed by atoms with Crippen molar-refractivity contribution in [2.75, 3.05) is 5.32 Å². The zero-order valence-corrected chi connectivity index (χ0v) is 12.8. The smallest absolute Gasteiger partial charge is 0.241 e. The number of rotatable bonds is 5. The molecule has 108 valence electrons. The van der Waals surface area contributed by atoms with Crippen molar-refractivity contribution in [1.29, 1.82) is 0 Å². The van der Waals surface area contributed by atoms with Gasteiger partial charge in [0.25, 0.3) is 0 Å². The largest absolute Gasteiger partial charge is 0.322 e. The van der Waals surface area contributed by atoms with Gasteiger partial charge in [0.2, 0.25) is 5.91 Å². The first kappa shape index (κ1) is 15.7. The van der Waals surface area contributed by atoms with Crippen LogP contribution < -0.4 is 11.1 Å². The van der Waals surface area contributed by atoms with E-state index in [9.17, 15) is 4.79 Å². The van der Waals surface area contributed by atoms with Gasteiger partial charge in [-0.15, -0.1) is 0 Å². The predicted octanol–water partition coefficient (Wildman–Crippen LogP) is 2.39. The van der Waals surface area contributed by atoms with Gasteiger partial charge in [0, 0.05) is 6.04 Å². The van der Waals surface area contributed by atoms with E-state index in [0.717, 1.165) is 17.1 Å². The lowest BCUT2D eigenvalue weighted by Crippen LogP contribution is -2.36. The van der Waals surface area contributed by atoms with Crippen molar-refractivity contribution < 1.29 is 4.79 Å². The van der Waals surface area contributed by atoms with Crippen LogP contribution in [-0.2, 0) is 4.79 Å². The number of nitrogens with zero attached hydrogens (tertiary/aromatic N) is 2. The van der Waals surface area contributed by atoms with E-state index >= 15 is 0 Å². The van der Waals surface area contributed by atoms with Crippen LogP contribution in [0.25, 0.3) is 0 Å². The number of hydrogen-bond donors (Lipinski definition) is 2. The Morgan fingerprint density at radius 2 is 1.89 bits per heavy atom. The third-order valence-electron chi connectivity index (χ3n) is 3.12. The standard InChI is InChI=1S/C14H26N4O/c1-8(2)7-12(15)14(19)16-13-10(5)17-18(9(3)4)11(13)6/h8-9,12H,7,15H2,1-6H3,(H,16,19). The van der Waals surface area contributed by atoms with E-state index in [1.807, 2.05) is 18.5 Å². The van der Waals surface area contributed by atoms with E-state index in [1.165, 1.54) is 0 Å². The molecule has 0 saturated heterocycles. The number of nitrogens with two attached hydrogens (primary N) is 1. The average molecular weight is 266 g/mol. The van der Waals surface area contributed by atoms with Crippen LogP contribution in [0, 0.1) is 19.8 Å². The van der Waals surface area contributed by atoms with Crippen molar-refractivity contribution in [2.45, 2.75) is 60.0 Å². The maximum Gasteiger partial charge on any atom is 0.241 e. The minimum absolute atomic E-state index is 0.136.